The lowest BCUT2D eigenvalue weighted by Gasteiger charge is -2.14. The summed E-state index contributed by atoms with van der Waals surface area (Å²) < 4.78 is 1.63. The number of hydrogen-bond acceptors (Lipinski definition) is 5. The molecule has 1 N–H and O–H groups in total. The third-order valence-corrected chi connectivity index (χ3v) is 7.40. The summed E-state index contributed by atoms with van der Waals surface area (Å²) in [7, 11) is 0. The molecule has 0 spiro atoms. The zero-order valence-corrected chi connectivity index (χ0v) is 19.1. The average molecular weight is 460 g/mol. The van der Waals surface area contributed by atoms with Crippen LogP contribution in [0.25, 0.3) is 16.5 Å². The van der Waals surface area contributed by atoms with Crippen LogP contribution in [0.2, 0.25) is 0 Å². The first-order valence-corrected chi connectivity index (χ1v) is 12.3. The molecule has 2 heterocycles. The summed E-state index contributed by atoms with van der Waals surface area (Å²) in [5.74, 6) is 0.889. The number of rotatable bonds is 5. The number of nitrogens with one attached hydrogen (secondary N) is 1. The molecule has 5 rings (SSSR count). The van der Waals surface area contributed by atoms with Crippen molar-refractivity contribution in [3.8, 4) is 5.69 Å². The number of aryl methyl sites for hydroxylation is 2. The Balaban J connectivity index is 1.42. The standard InChI is InChI=1S/C25H21N3O2S2/c1-16-9-11-18(12-10-16)28-24(30)23-21(13-14-31-23)27-25(28)32-15-22(29)26-20-8-4-6-17-5-2-3-7-19(17)20/h2-12H,13-15H2,1H3,(H,26,29). The van der Waals surface area contributed by atoms with Gasteiger partial charge in [0.15, 0.2) is 5.16 Å². The highest BCUT2D eigenvalue weighted by atomic mass is 32.2. The molecular weight excluding hydrogens is 438 g/mol. The summed E-state index contributed by atoms with van der Waals surface area (Å²) in [6.07, 6.45) is 0.778. The average Bonchev–Trinajstić information content (AvgIpc) is 3.28. The number of thioether (sulfide) groups is 2. The molecule has 0 saturated heterocycles. The maximum atomic E-state index is 13.2. The number of carbonyl (C=O) groups is 1. The first kappa shape index (κ1) is 20.8. The lowest BCUT2D eigenvalue weighted by molar-refractivity contribution is -0.113. The zero-order chi connectivity index (χ0) is 22.1. The van der Waals surface area contributed by atoms with Crippen LogP contribution in [-0.4, -0.2) is 27.0 Å². The largest absolute Gasteiger partial charge is 0.325 e. The molecule has 1 aliphatic heterocycles. The van der Waals surface area contributed by atoms with Gasteiger partial charge in [0.1, 0.15) is 0 Å². The molecule has 0 saturated carbocycles. The van der Waals surface area contributed by atoms with Crippen LogP contribution in [0, 0.1) is 6.92 Å². The van der Waals surface area contributed by atoms with Crippen molar-refractivity contribution in [3.63, 3.8) is 0 Å². The van der Waals surface area contributed by atoms with Gasteiger partial charge in [-0.15, -0.1) is 11.8 Å². The summed E-state index contributed by atoms with van der Waals surface area (Å²) in [6, 6.07) is 21.6. The van der Waals surface area contributed by atoms with E-state index in [0.717, 1.165) is 50.5 Å². The molecule has 0 aliphatic carbocycles. The van der Waals surface area contributed by atoms with Crippen LogP contribution < -0.4 is 10.9 Å². The third-order valence-electron chi connectivity index (χ3n) is 5.35. The first-order chi connectivity index (χ1) is 15.6. The molecule has 32 heavy (non-hydrogen) atoms. The molecular formula is C25H21N3O2S2. The minimum absolute atomic E-state index is 0.0571. The molecule has 1 aliphatic rings. The Morgan fingerprint density at radius 1 is 1.09 bits per heavy atom. The van der Waals surface area contributed by atoms with Crippen molar-refractivity contribution in [2.75, 3.05) is 16.8 Å². The third kappa shape index (κ3) is 4.06. The predicted molar refractivity (Wildman–Crippen MR) is 132 cm³/mol. The van der Waals surface area contributed by atoms with Crippen molar-refractivity contribution in [3.05, 3.63) is 88.3 Å². The molecule has 0 radical (unpaired) electrons. The van der Waals surface area contributed by atoms with Crippen LogP contribution in [-0.2, 0) is 11.2 Å². The molecule has 1 aromatic heterocycles. The van der Waals surface area contributed by atoms with Crippen LogP contribution >= 0.6 is 23.5 Å². The van der Waals surface area contributed by atoms with Gasteiger partial charge < -0.3 is 5.32 Å². The molecule has 5 nitrogen and oxygen atoms in total. The second-order valence-corrected chi connectivity index (χ2v) is 9.66. The van der Waals surface area contributed by atoms with E-state index in [1.165, 1.54) is 11.8 Å². The van der Waals surface area contributed by atoms with Gasteiger partial charge in [-0.3, -0.25) is 14.2 Å². The minimum atomic E-state index is -0.133. The monoisotopic (exact) mass is 459 g/mol. The summed E-state index contributed by atoms with van der Waals surface area (Å²) in [5, 5.41) is 5.63. The van der Waals surface area contributed by atoms with Crippen molar-refractivity contribution >= 4 is 45.9 Å². The Morgan fingerprint density at radius 3 is 2.72 bits per heavy atom. The highest BCUT2D eigenvalue weighted by molar-refractivity contribution is 8.00. The summed E-state index contributed by atoms with van der Waals surface area (Å²) in [6.45, 7) is 2.01. The molecule has 4 aromatic rings. The number of anilines is 1. The quantitative estimate of drug-likeness (QED) is 0.333. The first-order valence-electron chi connectivity index (χ1n) is 10.4. The Kier molecular flexibility index (Phi) is 5.76. The van der Waals surface area contributed by atoms with E-state index in [2.05, 4.69) is 5.32 Å². The number of carbonyl (C=O) groups excluding carboxylic acids is 1. The van der Waals surface area contributed by atoms with Gasteiger partial charge in [0.25, 0.3) is 5.56 Å². The van der Waals surface area contributed by atoms with E-state index < -0.39 is 0 Å². The van der Waals surface area contributed by atoms with E-state index in [0.29, 0.717) is 5.16 Å². The van der Waals surface area contributed by atoms with Crippen molar-refractivity contribution in [1.29, 1.82) is 0 Å². The lowest BCUT2D eigenvalue weighted by atomic mass is 10.1. The maximum absolute atomic E-state index is 13.2. The molecule has 0 bridgehead atoms. The second-order valence-electron chi connectivity index (χ2n) is 7.61. The van der Waals surface area contributed by atoms with Gasteiger partial charge in [-0.25, -0.2) is 4.98 Å². The van der Waals surface area contributed by atoms with E-state index in [-0.39, 0.29) is 17.2 Å². The van der Waals surface area contributed by atoms with Crippen molar-refractivity contribution in [2.45, 2.75) is 23.4 Å². The second kappa shape index (κ2) is 8.84. The van der Waals surface area contributed by atoms with Crippen LogP contribution in [0.1, 0.15) is 11.3 Å². The summed E-state index contributed by atoms with van der Waals surface area (Å²) in [4.78, 5) is 31.5. The number of amides is 1. The van der Waals surface area contributed by atoms with Gasteiger partial charge in [-0.05, 0) is 30.5 Å². The normalized spacial score (nSPS) is 12.7. The van der Waals surface area contributed by atoms with E-state index in [1.807, 2.05) is 73.7 Å². The van der Waals surface area contributed by atoms with Crippen LogP contribution in [0.4, 0.5) is 5.69 Å². The molecule has 1 amide bonds. The smallest absolute Gasteiger partial charge is 0.272 e. The predicted octanol–water partition coefficient (Wildman–Crippen LogP) is 5.07. The van der Waals surface area contributed by atoms with Crippen LogP contribution in [0.5, 0.6) is 0 Å². The van der Waals surface area contributed by atoms with Gasteiger partial charge in [-0.1, -0.05) is 65.9 Å². The Labute approximate surface area is 194 Å². The highest BCUT2D eigenvalue weighted by Crippen LogP contribution is 2.30. The van der Waals surface area contributed by atoms with Gasteiger partial charge in [-0.2, -0.15) is 0 Å². The number of nitrogens with zero attached hydrogens (tertiary/aromatic N) is 2. The molecule has 7 heteroatoms. The molecule has 0 atom stereocenters. The Bertz CT molecular complexity index is 1380. The molecule has 3 aromatic carbocycles. The number of hydrogen-bond donors (Lipinski definition) is 1. The summed E-state index contributed by atoms with van der Waals surface area (Å²) >= 11 is 2.85. The molecule has 160 valence electrons. The van der Waals surface area contributed by atoms with E-state index in [4.69, 9.17) is 4.98 Å². The fourth-order valence-corrected chi connectivity index (χ4v) is 5.61. The fourth-order valence-electron chi connectivity index (χ4n) is 3.76. The van der Waals surface area contributed by atoms with E-state index >= 15 is 0 Å². The molecule has 0 fully saturated rings. The molecule has 0 unspecified atom stereocenters. The van der Waals surface area contributed by atoms with E-state index in [9.17, 15) is 9.59 Å². The Hall–Kier alpha value is -3.03. The SMILES string of the molecule is Cc1ccc(-n2c(SCC(=O)Nc3cccc4ccccc34)nc3c(c2=O)SCC3)cc1. The number of fused-ring (bicyclic) bond motifs is 2. The lowest BCUT2D eigenvalue weighted by Crippen LogP contribution is -2.24. The number of benzene rings is 3. The Morgan fingerprint density at radius 2 is 1.88 bits per heavy atom. The van der Waals surface area contributed by atoms with Gasteiger partial charge in [0, 0.05) is 23.2 Å². The van der Waals surface area contributed by atoms with E-state index in [1.54, 1.807) is 16.3 Å². The van der Waals surface area contributed by atoms with Gasteiger partial charge in [0.2, 0.25) is 5.91 Å². The van der Waals surface area contributed by atoms with Crippen molar-refractivity contribution < 1.29 is 4.79 Å². The summed E-state index contributed by atoms with van der Waals surface area (Å²) in [5.41, 5.74) is 3.44. The number of aromatic nitrogens is 2. The topological polar surface area (TPSA) is 64.0 Å². The fraction of sp³-hybridized carbons (Fsp3) is 0.160. The van der Waals surface area contributed by atoms with Gasteiger partial charge >= 0.3 is 0 Å². The van der Waals surface area contributed by atoms with Crippen LogP contribution in [0.15, 0.2) is 81.6 Å². The van der Waals surface area contributed by atoms with Crippen molar-refractivity contribution in [1.82, 2.24) is 9.55 Å². The van der Waals surface area contributed by atoms with Gasteiger partial charge in [0.05, 0.1) is 22.0 Å². The van der Waals surface area contributed by atoms with Crippen molar-refractivity contribution in [2.24, 2.45) is 0 Å². The highest BCUT2D eigenvalue weighted by Gasteiger charge is 2.23. The zero-order valence-electron chi connectivity index (χ0n) is 17.5. The maximum Gasteiger partial charge on any atom is 0.272 e. The minimum Gasteiger partial charge on any atom is -0.325 e. The van der Waals surface area contributed by atoms with Crippen LogP contribution in [0.3, 0.4) is 0 Å².